The Morgan fingerprint density at radius 1 is 1.31 bits per heavy atom. The van der Waals surface area contributed by atoms with Crippen molar-refractivity contribution in [2.24, 2.45) is 0 Å². The van der Waals surface area contributed by atoms with E-state index in [0.29, 0.717) is 0 Å². The molecule has 4 nitrogen and oxygen atoms in total. The zero-order chi connectivity index (χ0) is 12.5. The van der Waals surface area contributed by atoms with Gasteiger partial charge in [-0.3, -0.25) is 0 Å². The standard InChI is InChI=1S/C8H5Cl3O4S/c1-15-8(12)4-2-3-5(9)6(10)7(4)16(11,13)14/h2-3H,1H3. The molecule has 0 unspecified atom stereocenters. The van der Waals surface area contributed by atoms with Crippen LogP contribution in [-0.4, -0.2) is 21.5 Å². The Labute approximate surface area is 106 Å². The molecule has 0 amide bonds. The monoisotopic (exact) mass is 302 g/mol. The van der Waals surface area contributed by atoms with E-state index in [0.717, 1.165) is 7.11 Å². The summed E-state index contributed by atoms with van der Waals surface area (Å²) in [6.45, 7) is 0. The number of ether oxygens (including phenoxy) is 1. The van der Waals surface area contributed by atoms with Gasteiger partial charge in [0.25, 0.3) is 9.05 Å². The minimum Gasteiger partial charge on any atom is -0.465 e. The van der Waals surface area contributed by atoms with Crippen LogP contribution in [0.2, 0.25) is 10.0 Å². The molecule has 0 saturated carbocycles. The predicted molar refractivity (Wildman–Crippen MR) is 60.8 cm³/mol. The second-order valence-electron chi connectivity index (χ2n) is 2.67. The first kappa shape index (κ1) is 13.6. The van der Waals surface area contributed by atoms with Crippen molar-refractivity contribution in [3.05, 3.63) is 27.7 Å². The lowest BCUT2D eigenvalue weighted by atomic mass is 10.2. The maximum Gasteiger partial charge on any atom is 0.339 e. The zero-order valence-corrected chi connectivity index (χ0v) is 10.9. The Balaban J connectivity index is 3.65. The summed E-state index contributed by atoms with van der Waals surface area (Å²) in [5.74, 6) is -0.863. The second-order valence-corrected chi connectivity index (χ2v) is 5.96. The summed E-state index contributed by atoms with van der Waals surface area (Å²) in [7, 11) is 2.08. The van der Waals surface area contributed by atoms with Gasteiger partial charge < -0.3 is 4.74 Å². The molecular formula is C8H5Cl3O4S. The lowest BCUT2D eigenvalue weighted by Crippen LogP contribution is -2.08. The summed E-state index contributed by atoms with van der Waals surface area (Å²) in [6.07, 6.45) is 0. The first-order valence-electron chi connectivity index (χ1n) is 3.80. The van der Waals surface area contributed by atoms with Crippen LogP contribution >= 0.6 is 33.9 Å². The molecule has 88 valence electrons. The number of carbonyl (C=O) groups excluding carboxylic acids is 1. The van der Waals surface area contributed by atoms with E-state index < -0.39 is 19.9 Å². The highest BCUT2D eigenvalue weighted by atomic mass is 35.7. The Morgan fingerprint density at radius 3 is 2.31 bits per heavy atom. The van der Waals surface area contributed by atoms with Gasteiger partial charge in [0.05, 0.1) is 22.7 Å². The van der Waals surface area contributed by atoms with E-state index in [4.69, 9.17) is 33.9 Å². The van der Waals surface area contributed by atoms with E-state index in [9.17, 15) is 13.2 Å². The molecule has 1 aromatic carbocycles. The summed E-state index contributed by atoms with van der Waals surface area (Å²) in [6, 6.07) is 2.46. The minimum atomic E-state index is -4.19. The van der Waals surface area contributed by atoms with Gasteiger partial charge in [-0.2, -0.15) is 0 Å². The van der Waals surface area contributed by atoms with Crippen molar-refractivity contribution in [3.8, 4) is 0 Å². The van der Waals surface area contributed by atoms with Crippen molar-refractivity contribution in [1.29, 1.82) is 0 Å². The van der Waals surface area contributed by atoms with E-state index in [1.54, 1.807) is 0 Å². The number of hydrogen-bond donors (Lipinski definition) is 0. The Morgan fingerprint density at radius 2 is 1.88 bits per heavy atom. The fourth-order valence-electron chi connectivity index (χ4n) is 1.04. The predicted octanol–water partition coefficient (Wildman–Crippen LogP) is 2.71. The van der Waals surface area contributed by atoms with Gasteiger partial charge in [0, 0.05) is 10.7 Å². The van der Waals surface area contributed by atoms with Gasteiger partial charge in [-0.1, -0.05) is 23.2 Å². The molecule has 0 spiro atoms. The van der Waals surface area contributed by atoms with E-state index >= 15 is 0 Å². The highest BCUT2D eigenvalue weighted by molar-refractivity contribution is 8.13. The summed E-state index contributed by atoms with van der Waals surface area (Å²) >= 11 is 11.3. The molecule has 0 saturated heterocycles. The van der Waals surface area contributed by atoms with Crippen LogP contribution in [0.15, 0.2) is 17.0 Å². The van der Waals surface area contributed by atoms with Crippen LogP contribution in [0.5, 0.6) is 0 Å². The molecular weight excluding hydrogens is 299 g/mol. The maximum absolute atomic E-state index is 11.3. The summed E-state index contributed by atoms with van der Waals surface area (Å²) in [5, 5.41) is -0.326. The molecule has 0 heterocycles. The lowest BCUT2D eigenvalue weighted by Gasteiger charge is -2.07. The summed E-state index contributed by atoms with van der Waals surface area (Å²) in [5.41, 5.74) is -0.257. The molecule has 0 bridgehead atoms. The molecule has 0 aliphatic carbocycles. The molecule has 0 radical (unpaired) electrons. The summed E-state index contributed by atoms with van der Waals surface area (Å²) < 4.78 is 26.9. The average Bonchev–Trinajstić information content (AvgIpc) is 2.18. The van der Waals surface area contributed by atoms with Gasteiger partial charge >= 0.3 is 5.97 Å². The van der Waals surface area contributed by atoms with Gasteiger partial charge in [0.1, 0.15) is 4.90 Å². The van der Waals surface area contributed by atoms with Crippen LogP contribution in [0.3, 0.4) is 0 Å². The highest BCUT2D eigenvalue weighted by Gasteiger charge is 2.26. The lowest BCUT2D eigenvalue weighted by molar-refractivity contribution is 0.0596. The van der Waals surface area contributed by atoms with E-state index in [2.05, 4.69) is 4.74 Å². The minimum absolute atomic E-state index is 0.0199. The van der Waals surface area contributed by atoms with Crippen LogP contribution in [0.1, 0.15) is 10.4 Å². The van der Waals surface area contributed by atoms with Crippen LogP contribution in [0.25, 0.3) is 0 Å². The van der Waals surface area contributed by atoms with Crippen molar-refractivity contribution in [2.75, 3.05) is 7.11 Å². The molecule has 16 heavy (non-hydrogen) atoms. The SMILES string of the molecule is COC(=O)c1ccc(Cl)c(Cl)c1S(=O)(=O)Cl. The molecule has 0 aliphatic heterocycles. The van der Waals surface area contributed by atoms with Gasteiger partial charge in [-0.05, 0) is 12.1 Å². The smallest absolute Gasteiger partial charge is 0.339 e. The summed E-state index contributed by atoms with van der Waals surface area (Å²) in [4.78, 5) is 10.8. The van der Waals surface area contributed by atoms with Crippen LogP contribution in [0.4, 0.5) is 0 Å². The van der Waals surface area contributed by atoms with Crippen molar-refractivity contribution in [2.45, 2.75) is 4.90 Å². The van der Waals surface area contributed by atoms with Gasteiger partial charge in [-0.15, -0.1) is 0 Å². The Bertz CT molecular complexity index is 538. The first-order valence-corrected chi connectivity index (χ1v) is 6.86. The maximum atomic E-state index is 11.3. The molecule has 0 N–H and O–H groups in total. The number of methoxy groups -OCH3 is 1. The fraction of sp³-hybridized carbons (Fsp3) is 0.125. The number of esters is 1. The molecule has 1 aromatic rings. The highest BCUT2D eigenvalue weighted by Crippen LogP contribution is 2.34. The largest absolute Gasteiger partial charge is 0.465 e. The number of rotatable bonds is 2. The normalized spacial score (nSPS) is 11.2. The van der Waals surface area contributed by atoms with Crippen LogP contribution in [-0.2, 0) is 13.8 Å². The van der Waals surface area contributed by atoms with Crippen LogP contribution < -0.4 is 0 Å². The van der Waals surface area contributed by atoms with Gasteiger partial charge in [0.15, 0.2) is 0 Å². The van der Waals surface area contributed by atoms with E-state index in [1.807, 2.05) is 0 Å². The third-order valence-electron chi connectivity index (χ3n) is 1.70. The van der Waals surface area contributed by atoms with Crippen molar-refractivity contribution in [3.63, 3.8) is 0 Å². The molecule has 0 aromatic heterocycles. The third-order valence-corrected chi connectivity index (χ3v) is 3.99. The molecule has 8 heteroatoms. The number of benzene rings is 1. The van der Waals surface area contributed by atoms with Gasteiger partial charge in [-0.25, -0.2) is 13.2 Å². The van der Waals surface area contributed by atoms with Gasteiger partial charge in [0.2, 0.25) is 0 Å². The second kappa shape index (κ2) is 4.79. The third kappa shape index (κ3) is 2.60. The van der Waals surface area contributed by atoms with Crippen molar-refractivity contribution < 1.29 is 17.9 Å². The molecule has 1 rings (SSSR count). The van der Waals surface area contributed by atoms with Crippen molar-refractivity contribution in [1.82, 2.24) is 0 Å². The number of halogens is 3. The zero-order valence-electron chi connectivity index (χ0n) is 7.83. The van der Waals surface area contributed by atoms with E-state index in [1.165, 1.54) is 12.1 Å². The quantitative estimate of drug-likeness (QED) is 0.622. The van der Waals surface area contributed by atoms with Crippen molar-refractivity contribution >= 4 is 48.9 Å². The fourth-order valence-corrected chi connectivity index (χ4v) is 3.06. The van der Waals surface area contributed by atoms with E-state index in [-0.39, 0.29) is 15.6 Å². The Hall–Kier alpha value is -0.490. The topological polar surface area (TPSA) is 60.4 Å². The number of hydrogen-bond acceptors (Lipinski definition) is 4. The molecule has 0 atom stereocenters. The first-order chi connectivity index (χ1) is 7.29. The molecule has 0 aliphatic rings. The number of carbonyl (C=O) groups is 1. The Kier molecular flexibility index (Phi) is 4.07. The van der Waals surface area contributed by atoms with Crippen LogP contribution in [0, 0.1) is 0 Å². The molecule has 0 fully saturated rings. The average molecular weight is 304 g/mol.